The van der Waals surface area contributed by atoms with Gasteiger partial charge in [-0.05, 0) is 24.3 Å². The van der Waals surface area contributed by atoms with E-state index in [4.69, 9.17) is 5.73 Å². The lowest BCUT2D eigenvalue weighted by Gasteiger charge is -2.08. The van der Waals surface area contributed by atoms with Gasteiger partial charge in [0.05, 0.1) is 4.88 Å². The first-order chi connectivity index (χ1) is 14.2. The van der Waals surface area contributed by atoms with Crippen LogP contribution in [0.15, 0.2) is 79.1 Å². The number of amides is 1. The molecule has 0 bridgehead atoms. The van der Waals surface area contributed by atoms with E-state index in [9.17, 15) is 4.79 Å². The van der Waals surface area contributed by atoms with E-state index < -0.39 is 0 Å². The fourth-order valence-electron chi connectivity index (χ4n) is 3.06. The van der Waals surface area contributed by atoms with Gasteiger partial charge in [0, 0.05) is 53.4 Å². The number of nitrogens with one attached hydrogen (secondary N) is 1. The molecule has 0 unspecified atom stereocenters. The van der Waals surface area contributed by atoms with Gasteiger partial charge in [0.1, 0.15) is 5.01 Å². The molecule has 0 spiro atoms. The molecule has 2 heterocycles. The molecule has 0 aliphatic carbocycles. The molecule has 0 fully saturated rings. The van der Waals surface area contributed by atoms with Crippen molar-refractivity contribution in [3.05, 3.63) is 90.4 Å². The second kappa shape index (κ2) is 8.67. The summed E-state index contributed by atoms with van der Waals surface area (Å²) in [5, 5.41) is 3.77. The van der Waals surface area contributed by atoms with Gasteiger partial charge >= 0.3 is 0 Å². The van der Waals surface area contributed by atoms with Gasteiger partial charge in [-0.2, -0.15) is 0 Å². The highest BCUT2D eigenvalue weighted by Crippen LogP contribution is 2.35. The first-order valence-electron chi connectivity index (χ1n) is 9.30. The second-order valence-electron chi connectivity index (χ2n) is 6.49. The van der Waals surface area contributed by atoms with Crippen LogP contribution >= 0.6 is 11.3 Å². The number of nitrogen functional groups attached to an aromatic ring is 1. The monoisotopic (exact) mass is 400 g/mol. The molecule has 2 aromatic heterocycles. The molecular formula is C23H20N4OS. The van der Waals surface area contributed by atoms with Crippen LogP contribution in [0.3, 0.4) is 0 Å². The summed E-state index contributed by atoms with van der Waals surface area (Å²) in [6.45, 7) is 0.522. The van der Waals surface area contributed by atoms with Crippen LogP contribution < -0.4 is 11.1 Å². The number of rotatable bonds is 6. The summed E-state index contributed by atoms with van der Waals surface area (Å²) >= 11 is 1.52. The lowest BCUT2D eigenvalue weighted by atomic mass is 10.1. The molecule has 0 radical (unpaired) electrons. The van der Waals surface area contributed by atoms with Crippen molar-refractivity contribution in [1.82, 2.24) is 15.3 Å². The molecular weight excluding hydrogens is 380 g/mol. The zero-order chi connectivity index (χ0) is 20.1. The van der Waals surface area contributed by atoms with Gasteiger partial charge < -0.3 is 11.1 Å². The maximum atomic E-state index is 12.8. The van der Waals surface area contributed by atoms with Gasteiger partial charge in [-0.1, -0.05) is 42.5 Å². The Morgan fingerprint density at radius 3 is 2.48 bits per heavy atom. The van der Waals surface area contributed by atoms with Crippen molar-refractivity contribution in [2.24, 2.45) is 0 Å². The van der Waals surface area contributed by atoms with E-state index in [2.05, 4.69) is 15.3 Å². The molecule has 0 saturated heterocycles. The zero-order valence-electron chi connectivity index (χ0n) is 15.7. The number of carbonyl (C=O) groups excluding carboxylic acids is 1. The van der Waals surface area contributed by atoms with Crippen LogP contribution in [0.5, 0.6) is 0 Å². The van der Waals surface area contributed by atoms with Crippen LogP contribution in [0.2, 0.25) is 0 Å². The molecule has 5 nitrogen and oxygen atoms in total. The Balaban J connectivity index is 1.53. The minimum absolute atomic E-state index is 0.118. The Bertz CT molecular complexity index is 1120. The molecule has 1 amide bonds. The highest BCUT2D eigenvalue weighted by atomic mass is 32.1. The van der Waals surface area contributed by atoms with E-state index in [1.807, 2.05) is 66.7 Å². The molecule has 29 heavy (non-hydrogen) atoms. The highest BCUT2D eigenvalue weighted by molar-refractivity contribution is 7.18. The van der Waals surface area contributed by atoms with Gasteiger partial charge in [-0.3, -0.25) is 9.78 Å². The fourth-order valence-corrected chi connectivity index (χ4v) is 4.06. The SMILES string of the molecule is Nc1ccccc1-c1cnc(-c2ccccc2C(=O)NCCc2ccccn2)s1. The summed E-state index contributed by atoms with van der Waals surface area (Å²) in [6.07, 6.45) is 4.25. The Labute approximate surface area is 173 Å². The lowest BCUT2D eigenvalue weighted by Crippen LogP contribution is -2.26. The van der Waals surface area contributed by atoms with E-state index in [0.29, 0.717) is 24.2 Å². The molecule has 4 aromatic rings. The summed E-state index contributed by atoms with van der Waals surface area (Å²) in [7, 11) is 0. The minimum atomic E-state index is -0.118. The number of benzene rings is 2. The van der Waals surface area contributed by atoms with Crippen LogP contribution in [-0.4, -0.2) is 22.4 Å². The van der Waals surface area contributed by atoms with Crippen LogP contribution in [0.25, 0.3) is 21.0 Å². The molecule has 0 aliphatic heterocycles. The first-order valence-corrected chi connectivity index (χ1v) is 10.1. The van der Waals surface area contributed by atoms with E-state index in [-0.39, 0.29) is 5.91 Å². The van der Waals surface area contributed by atoms with E-state index in [1.165, 1.54) is 11.3 Å². The standard InChI is InChI=1S/C23H20N4OS/c24-20-11-4-3-10-19(20)21-15-27-23(29-21)18-9-2-1-8-17(18)22(28)26-14-12-16-7-5-6-13-25-16/h1-11,13,15H,12,14,24H2,(H,26,28). The summed E-state index contributed by atoms with van der Waals surface area (Å²) in [5.41, 5.74) is 10.1. The lowest BCUT2D eigenvalue weighted by molar-refractivity contribution is 0.0954. The summed E-state index contributed by atoms with van der Waals surface area (Å²) in [5.74, 6) is -0.118. The third kappa shape index (κ3) is 4.33. The quantitative estimate of drug-likeness (QED) is 0.469. The highest BCUT2D eigenvalue weighted by Gasteiger charge is 2.16. The number of aromatic nitrogens is 2. The Morgan fingerprint density at radius 2 is 1.69 bits per heavy atom. The molecule has 0 atom stereocenters. The topological polar surface area (TPSA) is 80.9 Å². The van der Waals surface area contributed by atoms with Gasteiger partial charge in [0.2, 0.25) is 0 Å². The molecule has 144 valence electrons. The van der Waals surface area contributed by atoms with Crippen molar-refractivity contribution in [3.8, 4) is 21.0 Å². The van der Waals surface area contributed by atoms with Crippen LogP contribution in [0, 0.1) is 0 Å². The second-order valence-corrected chi connectivity index (χ2v) is 7.52. The smallest absolute Gasteiger partial charge is 0.252 e. The van der Waals surface area contributed by atoms with Crippen molar-refractivity contribution < 1.29 is 4.79 Å². The number of hydrogen-bond donors (Lipinski definition) is 2. The number of nitrogens with two attached hydrogens (primary N) is 1. The van der Waals surface area contributed by atoms with Crippen LogP contribution in [0.4, 0.5) is 5.69 Å². The maximum Gasteiger partial charge on any atom is 0.252 e. The zero-order valence-corrected chi connectivity index (χ0v) is 16.5. The van der Waals surface area contributed by atoms with Gasteiger partial charge in [-0.15, -0.1) is 11.3 Å². The number of carbonyl (C=O) groups is 1. The van der Waals surface area contributed by atoms with Crippen molar-refractivity contribution in [2.45, 2.75) is 6.42 Å². The number of thiazole rings is 1. The Kier molecular flexibility index (Phi) is 5.63. The molecule has 4 rings (SSSR count). The molecule has 2 aromatic carbocycles. The van der Waals surface area contributed by atoms with E-state index in [0.717, 1.165) is 26.7 Å². The number of nitrogens with zero attached hydrogens (tertiary/aromatic N) is 2. The van der Waals surface area contributed by atoms with Gasteiger partial charge in [0.15, 0.2) is 0 Å². The number of hydrogen-bond acceptors (Lipinski definition) is 5. The first kappa shape index (κ1) is 18.8. The van der Waals surface area contributed by atoms with E-state index >= 15 is 0 Å². The Morgan fingerprint density at radius 1 is 0.931 bits per heavy atom. The van der Waals surface area contributed by atoms with Crippen LogP contribution in [-0.2, 0) is 6.42 Å². The van der Waals surface area contributed by atoms with Crippen molar-refractivity contribution in [1.29, 1.82) is 0 Å². The fraction of sp³-hybridized carbons (Fsp3) is 0.0870. The average molecular weight is 401 g/mol. The van der Waals surface area contributed by atoms with Crippen molar-refractivity contribution in [2.75, 3.05) is 12.3 Å². The Hall–Kier alpha value is -3.51. The molecule has 6 heteroatoms. The summed E-state index contributed by atoms with van der Waals surface area (Å²) < 4.78 is 0. The maximum absolute atomic E-state index is 12.8. The number of para-hydroxylation sites is 1. The van der Waals surface area contributed by atoms with Crippen LogP contribution in [0.1, 0.15) is 16.1 Å². The molecule has 0 aliphatic rings. The number of anilines is 1. The third-order valence-corrected chi connectivity index (χ3v) is 5.59. The van der Waals surface area contributed by atoms with Gasteiger partial charge in [-0.25, -0.2) is 4.98 Å². The molecule has 0 saturated carbocycles. The normalized spacial score (nSPS) is 10.6. The number of pyridine rings is 1. The van der Waals surface area contributed by atoms with Crippen molar-refractivity contribution >= 4 is 22.9 Å². The third-order valence-electron chi connectivity index (χ3n) is 4.53. The van der Waals surface area contributed by atoms with Crippen molar-refractivity contribution in [3.63, 3.8) is 0 Å². The molecule has 3 N–H and O–H groups in total. The average Bonchev–Trinajstić information content (AvgIpc) is 3.24. The predicted molar refractivity (Wildman–Crippen MR) is 118 cm³/mol. The minimum Gasteiger partial charge on any atom is -0.398 e. The predicted octanol–water partition coefficient (Wildman–Crippen LogP) is 4.43. The van der Waals surface area contributed by atoms with Gasteiger partial charge in [0.25, 0.3) is 5.91 Å². The summed E-state index contributed by atoms with van der Waals surface area (Å²) in [6, 6.07) is 21.0. The largest absolute Gasteiger partial charge is 0.398 e. The summed E-state index contributed by atoms with van der Waals surface area (Å²) in [4.78, 5) is 22.6. The van der Waals surface area contributed by atoms with E-state index in [1.54, 1.807) is 12.4 Å².